The molecule has 1 saturated heterocycles. The predicted molar refractivity (Wildman–Crippen MR) is 72.6 cm³/mol. The third kappa shape index (κ3) is 2.46. The first-order chi connectivity index (χ1) is 8.65. The molecular weight excluding hydrogens is 224 g/mol. The molecule has 2 heterocycles. The summed E-state index contributed by atoms with van der Waals surface area (Å²) in [4.78, 5) is 9.18. The number of aryl methyl sites for hydroxylation is 1. The molecule has 0 saturated carbocycles. The predicted octanol–water partition coefficient (Wildman–Crippen LogP) is 1.79. The first-order valence-electron chi connectivity index (χ1n) is 6.48. The summed E-state index contributed by atoms with van der Waals surface area (Å²) in [6.45, 7) is 7.10. The third-order valence-corrected chi connectivity index (χ3v) is 3.68. The molecule has 0 bridgehead atoms. The quantitative estimate of drug-likeness (QED) is 0.795. The number of likely N-dealkylation sites (N-methyl/N-ethyl adjacent to an activating group) is 1. The van der Waals surface area contributed by atoms with Gasteiger partial charge >= 0.3 is 0 Å². The fourth-order valence-corrected chi connectivity index (χ4v) is 2.45. The van der Waals surface area contributed by atoms with Gasteiger partial charge in [-0.15, -0.1) is 0 Å². The van der Waals surface area contributed by atoms with Gasteiger partial charge in [-0.3, -0.25) is 4.90 Å². The van der Waals surface area contributed by atoms with Crippen molar-refractivity contribution in [3.05, 3.63) is 23.4 Å². The average Bonchev–Trinajstić information content (AvgIpc) is 2.39. The van der Waals surface area contributed by atoms with Gasteiger partial charge in [0, 0.05) is 31.4 Å². The van der Waals surface area contributed by atoms with Crippen LogP contribution in [0.15, 0.2) is 12.1 Å². The van der Waals surface area contributed by atoms with Gasteiger partial charge in [-0.1, -0.05) is 6.92 Å². The smallest absolute Gasteiger partial charge is 0.146 e. The van der Waals surface area contributed by atoms with Crippen molar-refractivity contribution in [2.24, 2.45) is 0 Å². The van der Waals surface area contributed by atoms with Gasteiger partial charge in [0.25, 0.3) is 0 Å². The highest BCUT2D eigenvalue weighted by molar-refractivity contribution is 5.54. The SMILES string of the molecule is CCC1CN(c2nc(C)ccc2C#N)CCN1C. The molecule has 1 aromatic heterocycles. The number of nitriles is 1. The van der Waals surface area contributed by atoms with Crippen LogP contribution in [0.4, 0.5) is 5.82 Å². The molecule has 0 aliphatic carbocycles. The summed E-state index contributed by atoms with van der Waals surface area (Å²) in [5, 5.41) is 9.19. The van der Waals surface area contributed by atoms with Crippen LogP contribution >= 0.6 is 0 Å². The van der Waals surface area contributed by atoms with Crippen LogP contribution in [-0.4, -0.2) is 42.6 Å². The van der Waals surface area contributed by atoms with Crippen LogP contribution in [0.1, 0.15) is 24.6 Å². The average molecular weight is 244 g/mol. The summed E-state index contributed by atoms with van der Waals surface area (Å²) < 4.78 is 0. The van der Waals surface area contributed by atoms with Crippen molar-refractivity contribution in [1.29, 1.82) is 5.26 Å². The number of pyridine rings is 1. The van der Waals surface area contributed by atoms with E-state index in [9.17, 15) is 5.26 Å². The Labute approximate surface area is 109 Å². The standard InChI is InChI=1S/C14H20N4/c1-4-13-10-18(8-7-17(13)3)14-12(9-15)6-5-11(2)16-14/h5-6,13H,4,7-8,10H2,1-3H3. The van der Waals surface area contributed by atoms with Gasteiger partial charge in [0.05, 0.1) is 5.56 Å². The van der Waals surface area contributed by atoms with Gasteiger partial charge in [-0.05, 0) is 32.5 Å². The van der Waals surface area contributed by atoms with E-state index in [0.29, 0.717) is 11.6 Å². The number of nitrogens with zero attached hydrogens (tertiary/aromatic N) is 4. The summed E-state index contributed by atoms with van der Waals surface area (Å²) in [6.07, 6.45) is 1.13. The van der Waals surface area contributed by atoms with Crippen LogP contribution in [0, 0.1) is 18.3 Å². The van der Waals surface area contributed by atoms with Crippen molar-refractivity contribution in [2.45, 2.75) is 26.3 Å². The first-order valence-corrected chi connectivity index (χ1v) is 6.48. The third-order valence-electron chi connectivity index (χ3n) is 3.68. The van der Waals surface area contributed by atoms with Crippen molar-refractivity contribution in [3.63, 3.8) is 0 Å². The molecule has 1 atom stereocenters. The lowest BCUT2D eigenvalue weighted by atomic mass is 10.1. The van der Waals surface area contributed by atoms with Gasteiger partial charge in [0.2, 0.25) is 0 Å². The van der Waals surface area contributed by atoms with Crippen LogP contribution in [0.2, 0.25) is 0 Å². The van der Waals surface area contributed by atoms with E-state index in [4.69, 9.17) is 0 Å². The molecule has 0 aromatic carbocycles. The van der Waals surface area contributed by atoms with E-state index in [0.717, 1.165) is 37.6 Å². The van der Waals surface area contributed by atoms with Crippen molar-refractivity contribution < 1.29 is 0 Å². The Kier molecular flexibility index (Phi) is 3.83. The zero-order chi connectivity index (χ0) is 13.1. The molecular formula is C14H20N4. The molecule has 0 spiro atoms. The summed E-state index contributed by atoms with van der Waals surface area (Å²) in [5.74, 6) is 0.851. The lowest BCUT2D eigenvalue weighted by molar-refractivity contribution is 0.213. The van der Waals surface area contributed by atoms with Crippen molar-refractivity contribution in [2.75, 3.05) is 31.6 Å². The lowest BCUT2D eigenvalue weighted by Crippen LogP contribution is -2.51. The normalized spacial score (nSPS) is 20.8. The van der Waals surface area contributed by atoms with Crippen LogP contribution in [0.25, 0.3) is 0 Å². The molecule has 0 amide bonds. The second kappa shape index (κ2) is 5.36. The molecule has 1 aliphatic heterocycles. The highest BCUT2D eigenvalue weighted by Gasteiger charge is 2.25. The monoisotopic (exact) mass is 244 g/mol. The Morgan fingerprint density at radius 2 is 2.22 bits per heavy atom. The molecule has 1 aliphatic rings. The Morgan fingerprint density at radius 1 is 1.44 bits per heavy atom. The maximum Gasteiger partial charge on any atom is 0.146 e. The summed E-state index contributed by atoms with van der Waals surface area (Å²) in [5.41, 5.74) is 1.65. The molecule has 4 heteroatoms. The van der Waals surface area contributed by atoms with Crippen LogP contribution in [0.3, 0.4) is 0 Å². The molecule has 96 valence electrons. The Hall–Kier alpha value is -1.60. The van der Waals surface area contributed by atoms with Gasteiger partial charge in [-0.2, -0.15) is 5.26 Å². The molecule has 2 rings (SSSR count). The number of piperazine rings is 1. The Bertz CT molecular complexity index is 463. The second-order valence-electron chi connectivity index (χ2n) is 4.92. The number of aromatic nitrogens is 1. The van der Waals surface area contributed by atoms with Crippen molar-refractivity contribution >= 4 is 5.82 Å². The zero-order valence-electron chi connectivity index (χ0n) is 11.3. The maximum atomic E-state index is 9.19. The molecule has 1 fully saturated rings. The van der Waals surface area contributed by atoms with E-state index in [-0.39, 0.29) is 0 Å². The minimum atomic E-state index is 0.549. The van der Waals surface area contributed by atoms with E-state index in [1.165, 1.54) is 0 Å². The molecule has 0 radical (unpaired) electrons. The number of rotatable bonds is 2. The Morgan fingerprint density at radius 3 is 2.89 bits per heavy atom. The fourth-order valence-electron chi connectivity index (χ4n) is 2.45. The summed E-state index contributed by atoms with van der Waals surface area (Å²) in [7, 11) is 2.17. The topological polar surface area (TPSA) is 43.2 Å². The van der Waals surface area contributed by atoms with Gasteiger partial charge in [0.15, 0.2) is 0 Å². The van der Waals surface area contributed by atoms with E-state index in [1.54, 1.807) is 0 Å². The highest BCUT2D eigenvalue weighted by atomic mass is 15.3. The largest absolute Gasteiger partial charge is 0.353 e. The summed E-state index contributed by atoms with van der Waals surface area (Å²) >= 11 is 0. The second-order valence-corrected chi connectivity index (χ2v) is 4.92. The van der Waals surface area contributed by atoms with Gasteiger partial charge in [0.1, 0.15) is 11.9 Å². The number of hydrogen-bond donors (Lipinski definition) is 0. The lowest BCUT2D eigenvalue weighted by Gasteiger charge is -2.40. The summed E-state index contributed by atoms with van der Waals surface area (Å²) in [6, 6.07) is 6.57. The zero-order valence-corrected chi connectivity index (χ0v) is 11.3. The van der Waals surface area contributed by atoms with E-state index in [1.807, 2.05) is 19.1 Å². The van der Waals surface area contributed by atoms with Crippen LogP contribution in [0.5, 0.6) is 0 Å². The van der Waals surface area contributed by atoms with Crippen LogP contribution < -0.4 is 4.90 Å². The molecule has 18 heavy (non-hydrogen) atoms. The molecule has 0 N–H and O–H groups in total. The fraction of sp³-hybridized carbons (Fsp3) is 0.571. The van der Waals surface area contributed by atoms with Crippen LogP contribution in [-0.2, 0) is 0 Å². The highest BCUT2D eigenvalue weighted by Crippen LogP contribution is 2.21. The minimum Gasteiger partial charge on any atom is -0.353 e. The van der Waals surface area contributed by atoms with E-state index in [2.05, 4.69) is 34.8 Å². The van der Waals surface area contributed by atoms with Gasteiger partial charge in [-0.25, -0.2) is 4.98 Å². The Balaban J connectivity index is 2.27. The first kappa shape index (κ1) is 12.8. The number of anilines is 1. The van der Waals surface area contributed by atoms with E-state index >= 15 is 0 Å². The van der Waals surface area contributed by atoms with Crippen molar-refractivity contribution in [3.8, 4) is 6.07 Å². The number of hydrogen-bond acceptors (Lipinski definition) is 4. The maximum absolute atomic E-state index is 9.19. The van der Waals surface area contributed by atoms with Gasteiger partial charge < -0.3 is 4.90 Å². The minimum absolute atomic E-state index is 0.549. The van der Waals surface area contributed by atoms with Crippen molar-refractivity contribution in [1.82, 2.24) is 9.88 Å². The molecule has 1 unspecified atom stereocenters. The van der Waals surface area contributed by atoms with E-state index < -0.39 is 0 Å². The molecule has 4 nitrogen and oxygen atoms in total. The molecule has 1 aromatic rings.